The average Bonchev–Trinajstić information content (AvgIpc) is 2.77. The Morgan fingerprint density at radius 1 is 0.621 bits per heavy atom. The number of nitrogens with zero attached hydrogens (tertiary/aromatic N) is 2. The molecule has 148 valence electrons. The topological polar surface area (TPSA) is 66.2 Å². The molecule has 0 spiro atoms. The molecule has 1 aliphatic rings. The van der Waals surface area contributed by atoms with Gasteiger partial charge in [-0.2, -0.15) is 12.8 Å². The van der Waals surface area contributed by atoms with Crippen molar-refractivity contribution in [2.24, 2.45) is 0 Å². The van der Waals surface area contributed by atoms with Crippen LogP contribution >= 0.6 is 0 Å². The molecule has 0 amide bonds. The van der Waals surface area contributed by atoms with Crippen LogP contribution in [0, 0.1) is 6.42 Å². The fourth-order valence-corrected chi connectivity index (χ4v) is 3.07. The molecule has 5 heteroatoms. The van der Waals surface area contributed by atoms with E-state index in [0.717, 1.165) is 10.8 Å². The molecule has 0 unspecified atom stereocenters. The van der Waals surface area contributed by atoms with Crippen LogP contribution in [0.25, 0.3) is 21.8 Å². The van der Waals surface area contributed by atoms with Gasteiger partial charge in [0, 0.05) is 49.4 Å². The molecule has 0 bridgehead atoms. The van der Waals surface area contributed by atoms with E-state index in [4.69, 9.17) is 0 Å². The van der Waals surface area contributed by atoms with Gasteiger partial charge in [0.25, 0.3) is 0 Å². The summed E-state index contributed by atoms with van der Waals surface area (Å²) in [6.45, 7) is 0. The van der Waals surface area contributed by atoms with E-state index in [9.17, 15) is 10.2 Å². The van der Waals surface area contributed by atoms with Gasteiger partial charge < -0.3 is 16.6 Å². The zero-order valence-corrected chi connectivity index (χ0v) is 18.8. The summed E-state index contributed by atoms with van der Waals surface area (Å²) >= 11 is 0. The number of pyridine rings is 2. The van der Waals surface area contributed by atoms with Crippen LogP contribution in [-0.2, 0) is 26.2 Å². The van der Waals surface area contributed by atoms with E-state index >= 15 is 0 Å². The summed E-state index contributed by atoms with van der Waals surface area (Å²) in [5.74, 6) is 0.478. The van der Waals surface area contributed by atoms with Crippen molar-refractivity contribution in [2.45, 2.75) is 32.1 Å². The van der Waals surface area contributed by atoms with Crippen LogP contribution in [0.1, 0.15) is 32.1 Å². The van der Waals surface area contributed by atoms with Crippen molar-refractivity contribution < 1.29 is 36.4 Å². The van der Waals surface area contributed by atoms with Gasteiger partial charge in [-0.05, 0) is 24.3 Å². The van der Waals surface area contributed by atoms with Gasteiger partial charge >= 0.3 is 0 Å². The monoisotopic (exact) mass is 463 g/mol. The molecule has 0 atom stereocenters. The molecule has 2 heterocycles. The molecule has 4 aromatic rings. The van der Waals surface area contributed by atoms with Crippen LogP contribution in [0.2, 0.25) is 0 Å². The molecular formula is C24H25N2O2Zr-. The van der Waals surface area contributed by atoms with E-state index < -0.39 is 0 Å². The third-order valence-corrected chi connectivity index (χ3v) is 4.54. The van der Waals surface area contributed by atoms with Crippen molar-refractivity contribution >= 4 is 21.8 Å². The summed E-state index contributed by atoms with van der Waals surface area (Å²) in [6.07, 6.45) is 12.8. The Bertz CT molecular complexity index is 920. The Labute approximate surface area is 190 Å². The smallest absolute Gasteiger partial charge is 0.141 e. The molecular weight excluding hydrogens is 440 g/mol. The second kappa shape index (κ2) is 12.3. The molecule has 5 rings (SSSR count). The number of rotatable bonds is 0. The molecule has 1 fully saturated rings. The number of aromatic hydroxyl groups is 2. The molecule has 1 saturated carbocycles. The molecule has 4 nitrogen and oxygen atoms in total. The Kier molecular flexibility index (Phi) is 9.80. The maximum Gasteiger partial charge on any atom is 0.141 e. The third kappa shape index (κ3) is 6.94. The average molecular weight is 465 g/mol. The second-order valence-electron chi connectivity index (χ2n) is 6.63. The van der Waals surface area contributed by atoms with Crippen molar-refractivity contribution in [3.05, 3.63) is 79.5 Å². The number of aromatic nitrogens is 2. The summed E-state index contributed by atoms with van der Waals surface area (Å²) in [5, 5.41) is 20.5. The Morgan fingerprint density at radius 3 is 1.41 bits per heavy atom. The maximum absolute atomic E-state index is 9.31. The number of fused-ring (bicyclic) bond motifs is 2. The zero-order valence-electron chi connectivity index (χ0n) is 16.3. The predicted octanol–water partition coefficient (Wildman–Crippen LogP) is 6.03. The maximum atomic E-state index is 9.31. The van der Waals surface area contributed by atoms with Crippen LogP contribution in [0.4, 0.5) is 0 Å². The summed E-state index contributed by atoms with van der Waals surface area (Å²) in [7, 11) is 0. The van der Waals surface area contributed by atoms with Crippen LogP contribution in [0.15, 0.2) is 73.1 Å². The minimum Gasteiger partial charge on any atom is -0.506 e. The Hall–Kier alpha value is -2.26. The molecule has 2 aromatic carbocycles. The zero-order chi connectivity index (χ0) is 19.6. The van der Waals surface area contributed by atoms with E-state index in [1.165, 1.54) is 32.1 Å². The van der Waals surface area contributed by atoms with Crippen LogP contribution in [0.3, 0.4) is 0 Å². The van der Waals surface area contributed by atoms with Crippen LogP contribution < -0.4 is 0 Å². The van der Waals surface area contributed by atoms with Crippen molar-refractivity contribution in [2.75, 3.05) is 0 Å². The van der Waals surface area contributed by atoms with E-state index in [-0.39, 0.29) is 37.7 Å². The minimum atomic E-state index is 0. The summed E-state index contributed by atoms with van der Waals surface area (Å²) in [5.41, 5.74) is 1.32. The number of benzene rings is 2. The Morgan fingerprint density at radius 2 is 1.07 bits per heavy atom. The van der Waals surface area contributed by atoms with Gasteiger partial charge in [0.15, 0.2) is 0 Å². The Balaban J connectivity index is 0.000000159. The summed E-state index contributed by atoms with van der Waals surface area (Å²) in [4.78, 5) is 8.06. The van der Waals surface area contributed by atoms with Gasteiger partial charge in [-0.25, -0.2) is 0 Å². The van der Waals surface area contributed by atoms with Gasteiger partial charge in [-0.1, -0.05) is 55.7 Å². The van der Waals surface area contributed by atoms with Crippen molar-refractivity contribution in [1.82, 2.24) is 9.97 Å². The first-order valence-electron chi connectivity index (χ1n) is 9.63. The van der Waals surface area contributed by atoms with Crippen molar-refractivity contribution in [3.63, 3.8) is 0 Å². The summed E-state index contributed by atoms with van der Waals surface area (Å²) in [6, 6.07) is 18.3. The number of hydrogen-bond acceptors (Lipinski definition) is 4. The first kappa shape index (κ1) is 23.0. The van der Waals surface area contributed by atoms with Crippen molar-refractivity contribution in [1.29, 1.82) is 0 Å². The van der Waals surface area contributed by atoms with Crippen LogP contribution in [0.5, 0.6) is 11.5 Å². The fourth-order valence-electron chi connectivity index (χ4n) is 3.07. The molecule has 2 N–H and O–H groups in total. The molecule has 0 aliphatic heterocycles. The quantitative estimate of drug-likeness (QED) is 0.312. The molecule has 0 saturated heterocycles. The molecule has 29 heavy (non-hydrogen) atoms. The number of hydrogen-bond donors (Lipinski definition) is 2. The van der Waals surface area contributed by atoms with E-state index in [1.54, 1.807) is 36.7 Å². The number of para-hydroxylation sites is 2. The number of phenolic OH excluding ortho intramolecular Hbond substituents is 2. The van der Waals surface area contributed by atoms with E-state index in [2.05, 4.69) is 16.4 Å². The van der Waals surface area contributed by atoms with Gasteiger partial charge in [0.2, 0.25) is 0 Å². The number of phenols is 2. The fraction of sp³-hybridized carbons (Fsp3) is 0.208. The SMILES string of the molecule is Oc1cccc2cccnc12.Oc1cccc2cccnc12.[CH-]1CCCCC1.[Zr]. The predicted molar refractivity (Wildman–Crippen MR) is 114 cm³/mol. The first-order chi connectivity index (χ1) is 13.8. The second-order valence-corrected chi connectivity index (χ2v) is 6.63. The van der Waals surface area contributed by atoms with E-state index in [0.29, 0.717) is 11.0 Å². The van der Waals surface area contributed by atoms with Gasteiger partial charge in [-0.3, -0.25) is 9.97 Å². The van der Waals surface area contributed by atoms with Gasteiger partial charge in [0.05, 0.1) is 0 Å². The third-order valence-electron chi connectivity index (χ3n) is 4.54. The molecule has 0 radical (unpaired) electrons. The standard InChI is InChI=1S/2C9H7NO.C6H11.Zr/c2*11-8-5-1-3-7-4-2-6-10-9(7)8;1-2-4-6-5-3-1;/h2*1-6,11H;1H,2-6H2;/q;;-1;. The van der Waals surface area contributed by atoms with E-state index in [1.807, 2.05) is 36.4 Å². The largest absolute Gasteiger partial charge is 0.506 e. The minimum absolute atomic E-state index is 0. The van der Waals surface area contributed by atoms with Gasteiger partial charge in [-0.15, -0.1) is 0 Å². The molecule has 1 aliphatic carbocycles. The van der Waals surface area contributed by atoms with Gasteiger partial charge in [0.1, 0.15) is 22.5 Å². The molecule has 2 aromatic heterocycles. The first-order valence-corrected chi connectivity index (χ1v) is 9.63. The van der Waals surface area contributed by atoms with Crippen LogP contribution in [-0.4, -0.2) is 20.2 Å². The summed E-state index contributed by atoms with van der Waals surface area (Å²) < 4.78 is 0. The normalized spacial score (nSPS) is 12.7. The van der Waals surface area contributed by atoms with Crippen molar-refractivity contribution in [3.8, 4) is 11.5 Å².